The average Bonchev–Trinajstić information content (AvgIpc) is 3.40. The highest BCUT2D eigenvalue weighted by Crippen LogP contribution is 2.20. The lowest BCUT2D eigenvalue weighted by molar-refractivity contribution is 0.0690. The number of piperidine rings is 1. The van der Waals surface area contributed by atoms with Crippen LogP contribution in [-0.4, -0.2) is 45.0 Å². The lowest BCUT2D eigenvalue weighted by Gasteiger charge is -2.29. The Balaban J connectivity index is 1.37. The highest BCUT2D eigenvalue weighted by Gasteiger charge is 2.26. The van der Waals surface area contributed by atoms with Crippen molar-refractivity contribution in [3.63, 3.8) is 0 Å². The molecule has 0 bridgehead atoms. The monoisotopic (exact) mass is 407 g/mol. The minimum Gasteiger partial charge on any atom is -0.443 e. The van der Waals surface area contributed by atoms with Crippen molar-refractivity contribution in [1.29, 1.82) is 0 Å². The Morgan fingerprint density at radius 1 is 1.23 bits per heavy atom. The fraction of sp³-hybridized carbons (Fsp3) is 0.364. The molecule has 8 heteroatoms. The Bertz CT molecular complexity index is 1030. The number of oxazole rings is 1. The summed E-state index contributed by atoms with van der Waals surface area (Å²) in [5.41, 5.74) is 2.28. The summed E-state index contributed by atoms with van der Waals surface area (Å²) < 4.78 is 5.61. The van der Waals surface area contributed by atoms with E-state index in [1.165, 1.54) is 0 Å². The van der Waals surface area contributed by atoms with E-state index >= 15 is 0 Å². The molecule has 1 aliphatic rings. The zero-order chi connectivity index (χ0) is 21.1. The predicted octanol–water partition coefficient (Wildman–Crippen LogP) is 3.18. The first-order chi connectivity index (χ1) is 14.5. The maximum Gasteiger partial charge on any atom is 0.276 e. The van der Waals surface area contributed by atoms with E-state index in [-0.39, 0.29) is 18.4 Å². The van der Waals surface area contributed by atoms with Gasteiger partial charge in [-0.05, 0) is 31.7 Å². The molecule has 1 aromatic carbocycles. The van der Waals surface area contributed by atoms with Crippen LogP contribution in [0.25, 0.3) is 11.3 Å². The normalized spacial score (nSPS) is 14.7. The lowest BCUT2D eigenvalue weighted by Crippen LogP contribution is -2.38. The molecular formula is C22H25N5O3. The highest BCUT2D eigenvalue weighted by molar-refractivity contribution is 5.94. The number of benzene rings is 1. The first kappa shape index (κ1) is 19.9. The van der Waals surface area contributed by atoms with E-state index in [1.807, 2.05) is 35.2 Å². The molecule has 30 heavy (non-hydrogen) atoms. The third-order valence-corrected chi connectivity index (χ3v) is 5.41. The van der Waals surface area contributed by atoms with E-state index in [0.29, 0.717) is 34.7 Å². The standard InChI is InChI=1S/C22H25N5O3/c1-14-8-10-27(11-9-14)22(29)20-15(2)30-19(24-20)13-23-21(28)18-12-17(25-26-18)16-6-4-3-5-7-16/h3-7,12,14H,8-11,13H2,1-2H3,(H,23,28)(H,25,26). The largest absolute Gasteiger partial charge is 0.443 e. The molecule has 3 heterocycles. The van der Waals surface area contributed by atoms with Crippen molar-refractivity contribution < 1.29 is 14.0 Å². The van der Waals surface area contributed by atoms with E-state index in [4.69, 9.17) is 4.42 Å². The van der Waals surface area contributed by atoms with Crippen LogP contribution in [0.3, 0.4) is 0 Å². The Hall–Kier alpha value is -3.42. The first-order valence-electron chi connectivity index (χ1n) is 10.2. The zero-order valence-electron chi connectivity index (χ0n) is 17.1. The SMILES string of the molecule is Cc1oc(CNC(=O)c2cc(-c3ccccc3)n[nH]2)nc1C(=O)N1CCC(C)CC1. The van der Waals surface area contributed by atoms with Crippen LogP contribution >= 0.6 is 0 Å². The molecule has 0 unspecified atom stereocenters. The van der Waals surface area contributed by atoms with E-state index < -0.39 is 0 Å². The van der Waals surface area contributed by atoms with Crippen LogP contribution in [0.2, 0.25) is 0 Å². The third kappa shape index (κ3) is 4.27. The van der Waals surface area contributed by atoms with Gasteiger partial charge in [-0.25, -0.2) is 4.98 Å². The first-order valence-corrected chi connectivity index (χ1v) is 10.2. The molecule has 1 fully saturated rings. The van der Waals surface area contributed by atoms with Crippen molar-refractivity contribution >= 4 is 11.8 Å². The van der Waals surface area contributed by atoms with Gasteiger partial charge < -0.3 is 14.6 Å². The summed E-state index contributed by atoms with van der Waals surface area (Å²) >= 11 is 0. The van der Waals surface area contributed by atoms with Gasteiger partial charge in [0.25, 0.3) is 11.8 Å². The van der Waals surface area contributed by atoms with Gasteiger partial charge in [-0.1, -0.05) is 37.3 Å². The number of hydrogen-bond acceptors (Lipinski definition) is 5. The van der Waals surface area contributed by atoms with Gasteiger partial charge in [-0.15, -0.1) is 0 Å². The molecule has 3 aromatic rings. The van der Waals surface area contributed by atoms with Crippen molar-refractivity contribution in [3.05, 3.63) is 59.4 Å². The summed E-state index contributed by atoms with van der Waals surface area (Å²) in [5.74, 6) is 0.983. The third-order valence-electron chi connectivity index (χ3n) is 5.41. The molecular weight excluding hydrogens is 382 g/mol. The van der Waals surface area contributed by atoms with Crippen molar-refractivity contribution in [1.82, 2.24) is 25.4 Å². The van der Waals surface area contributed by atoms with E-state index in [0.717, 1.165) is 31.5 Å². The van der Waals surface area contributed by atoms with Gasteiger partial charge in [0, 0.05) is 18.7 Å². The second-order valence-electron chi connectivity index (χ2n) is 7.70. The number of hydrogen-bond donors (Lipinski definition) is 2. The molecule has 2 amide bonds. The summed E-state index contributed by atoms with van der Waals surface area (Å²) in [6, 6.07) is 11.3. The van der Waals surface area contributed by atoms with Crippen LogP contribution in [0, 0.1) is 12.8 Å². The van der Waals surface area contributed by atoms with Crippen molar-refractivity contribution in [2.24, 2.45) is 5.92 Å². The molecule has 4 rings (SSSR count). The maximum absolute atomic E-state index is 12.7. The van der Waals surface area contributed by atoms with E-state index in [2.05, 4.69) is 27.4 Å². The fourth-order valence-electron chi connectivity index (χ4n) is 3.53. The Kier molecular flexibility index (Phi) is 5.65. The smallest absolute Gasteiger partial charge is 0.276 e. The number of H-pyrrole nitrogens is 1. The summed E-state index contributed by atoms with van der Waals surface area (Å²) in [7, 11) is 0. The zero-order valence-corrected chi connectivity index (χ0v) is 17.1. The number of aryl methyl sites for hydroxylation is 1. The average molecular weight is 407 g/mol. The molecule has 2 aromatic heterocycles. The number of nitrogens with zero attached hydrogens (tertiary/aromatic N) is 3. The summed E-state index contributed by atoms with van der Waals surface area (Å²) in [4.78, 5) is 31.3. The maximum atomic E-state index is 12.7. The number of likely N-dealkylation sites (tertiary alicyclic amines) is 1. The van der Waals surface area contributed by atoms with Crippen molar-refractivity contribution in [3.8, 4) is 11.3 Å². The molecule has 2 N–H and O–H groups in total. The van der Waals surface area contributed by atoms with E-state index in [1.54, 1.807) is 13.0 Å². The predicted molar refractivity (Wildman–Crippen MR) is 111 cm³/mol. The van der Waals surface area contributed by atoms with Gasteiger partial charge in [0.05, 0.1) is 12.2 Å². The number of nitrogens with one attached hydrogen (secondary N) is 2. The van der Waals surface area contributed by atoms with Crippen LogP contribution in [0.4, 0.5) is 0 Å². The lowest BCUT2D eigenvalue weighted by atomic mass is 9.99. The van der Waals surface area contributed by atoms with Crippen LogP contribution in [0.5, 0.6) is 0 Å². The number of carbonyl (C=O) groups is 2. The summed E-state index contributed by atoms with van der Waals surface area (Å²) in [5, 5.41) is 9.69. The van der Waals surface area contributed by atoms with Gasteiger partial charge >= 0.3 is 0 Å². The van der Waals surface area contributed by atoms with Crippen molar-refractivity contribution in [2.75, 3.05) is 13.1 Å². The topological polar surface area (TPSA) is 104 Å². The highest BCUT2D eigenvalue weighted by atomic mass is 16.4. The van der Waals surface area contributed by atoms with Crippen molar-refractivity contribution in [2.45, 2.75) is 33.2 Å². The van der Waals surface area contributed by atoms with Gasteiger partial charge in [0.15, 0.2) is 5.69 Å². The molecule has 0 saturated carbocycles. The van der Waals surface area contributed by atoms with Crippen LogP contribution in [-0.2, 0) is 6.54 Å². The second-order valence-corrected chi connectivity index (χ2v) is 7.70. The minimum atomic E-state index is -0.321. The Labute approximate surface area is 174 Å². The molecule has 0 radical (unpaired) electrons. The molecule has 0 atom stereocenters. The number of amides is 2. The van der Waals surface area contributed by atoms with E-state index in [9.17, 15) is 9.59 Å². The van der Waals surface area contributed by atoms with Gasteiger partial charge in [-0.3, -0.25) is 14.7 Å². The van der Waals surface area contributed by atoms with Crippen LogP contribution < -0.4 is 5.32 Å². The Morgan fingerprint density at radius 3 is 2.70 bits per heavy atom. The minimum absolute atomic E-state index is 0.0870. The summed E-state index contributed by atoms with van der Waals surface area (Å²) in [6.07, 6.45) is 2.00. The molecule has 8 nitrogen and oxygen atoms in total. The van der Waals surface area contributed by atoms with Crippen LogP contribution in [0.15, 0.2) is 40.8 Å². The number of aromatic amines is 1. The molecule has 1 saturated heterocycles. The number of aromatic nitrogens is 3. The van der Waals surface area contributed by atoms with Gasteiger partial charge in [0.2, 0.25) is 5.89 Å². The molecule has 156 valence electrons. The molecule has 0 aliphatic carbocycles. The molecule has 0 spiro atoms. The second kappa shape index (κ2) is 8.52. The van der Waals surface area contributed by atoms with Gasteiger partial charge in [0.1, 0.15) is 11.5 Å². The quantitative estimate of drug-likeness (QED) is 0.676. The van der Waals surface area contributed by atoms with Crippen LogP contribution in [0.1, 0.15) is 52.4 Å². The number of carbonyl (C=O) groups excluding carboxylic acids is 2. The fourth-order valence-corrected chi connectivity index (χ4v) is 3.53. The summed E-state index contributed by atoms with van der Waals surface area (Å²) in [6.45, 7) is 5.49. The van der Waals surface area contributed by atoms with Gasteiger partial charge in [-0.2, -0.15) is 5.10 Å². The number of rotatable bonds is 5. The Morgan fingerprint density at radius 2 is 1.97 bits per heavy atom. The molecule has 1 aliphatic heterocycles.